The van der Waals surface area contributed by atoms with Gasteiger partial charge in [-0.25, -0.2) is 9.59 Å². The van der Waals surface area contributed by atoms with Gasteiger partial charge in [-0.1, -0.05) is 120 Å². The zero-order valence-corrected chi connectivity index (χ0v) is 28.7. The number of carbonyl (C=O) groups is 2. The molecule has 0 aliphatic heterocycles. The van der Waals surface area contributed by atoms with E-state index in [1.807, 2.05) is 132 Å². The number of hydrogen-bond donors (Lipinski definition) is 1. The lowest BCUT2D eigenvalue weighted by atomic mass is 9.98. The van der Waals surface area contributed by atoms with Gasteiger partial charge in [-0.2, -0.15) is 0 Å². The van der Waals surface area contributed by atoms with E-state index in [0.29, 0.717) is 0 Å². The van der Waals surface area contributed by atoms with Crippen LogP contribution >= 0.6 is 0 Å². The summed E-state index contributed by atoms with van der Waals surface area (Å²) in [5.74, 6) is 0.0553. The number of hydrogen-bond acceptors (Lipinski definition) is 5. The fourth-order valence-corrected chi connectivity index (χ4v) is 6.27. The topological polar surface area (TPSA) is 73.9 Å². The molecular formula is C43H43NO5. The van der Waals surface area contributed by atoms with Crippen LogP contribution in [0.1, 0.15) is 71.7 Å². The van der Waals surface area contributed by atoms with Crippen molar-refractivity contribution in [2.24, 2.45) is 0 Å². The van der Waals surface area contributed by atoms with E-state index >= 15 is 0 Å². The largest absolute Gasteiger partial charge is 0.488 e. The Balaban J connectivity index is 1.23. The summed E-state index contributed by atoms with van der Waals surface area (Å²) >= 11 is 0. The summed E-state index contributed by atoms with van der Waals surface area (Å²) in [6.45, 7) is 10.1. The van der Waals surface area contributed by atoms with Crippen LogP contribution in [-0.4, -0.2) is 30.3 Å². The zero-order valence-electron chi connectivity index (χ0n) is 28.7. The molecule has 250 valence electrons. The Morgan fingerprint density at radius 3 is 1.71 bits per heavy atom. The third-order valence-electron chi connectivity index (χ3n) is 8.70. The molecule has 6 heteroatoms. The van der Waals surface area contributed by atoms with E-state index in [1.54, 1.807) is 0 Å². The number of alkyl carbamates (subject to hydrolysis) is 1. The monoisotopic (exact) mass is 653 g/mol. The number of esters is 1. The molecule has 0 heterocycles. The van der Waals surface area contributed by atoms with Gasteiger partial charge in [0.25, 0.3) is 0 Å². The number of rotatable bonds is 10. The Hall–Kier alpha value is -5.36. The third kappa shape index (κ3) is 8.21. The van der Waals surface area contributed by atoms with E-state index in [1.165, 1.54) is 0 Å². The quantitative estimate of drug-likeness (QED) is 0.152. The molecule has 6 nitrogen and oxygen atoms in total. The van der Waals surface area contributed by atoms with E-state index < -0.39 is 24.2 Å². The molecule has 0 saturated carbocycles. The predicted octanol–water partition coefficient (Wildman–Crippen LogP) is 9.26. The van der Waals surface area contributed by atoms with E-state index in [4.69, 9.17) is 14.2 Å². The molecule has 49 heavy (non-hydrogen) atoms. The molecule has 0 spiro atoms. The standard InChI is InChI=1S/C43H43NO5/c1-28-14-20-31(21-15-28)40(32-22-16-29(2)17-23-32)48-41(45)39(26-30-18-24-33(25-19-30)49-43(3,4)5)44-42(46)47-27-38-36-12-8-6-10-34(36)35-11-7-9-13-37(35)38/h6-25,38-40H,26-27H2,1-5H3,(H,44,46)/t39-/m0/s1. The highest BCUT2D eigenvalue weighted by molar-refractivity contribution is 5.82. The van der Waals surface area contributed by atoms with Gasteiger partial charge in [-0.05, 0) is 85.7 Å². The van der Waals surface area contributed by atoms with Crippen molar-refractivity contribution < 1.29 is 23.8 Å². The van der Waals surface area contributed by atoms with Gasteiger partial charge in [-0.15, -0.1) is 0 Å². The molecule has 6 rings (SSSR count). The molecule has 5 aromatic rings. The lowest BCUT2D eigenvalue weighted by Gasteiger charge is -2.24. The van der Waals surface area contributed by atoms with Gasteiger partial charge in [0.05, 0.1) is 0 Å². The van der Waals surface area contributed by atoms with Crippen LogP contribution in [0.4, 0.5) is 4.79 Å². The van der Waals surface area contributed by atoms with Crippen LogP contribution in [-0.2, 0) is 20.7 Å². The molecule has 5 aromatic carbocycles. The number of benzene rings is 5. The molecule has 0 bridgehead atoms. The first-order valence-corrected chi connectivity index (χ1v) is 16.8. The molecule has 0 fully saturated rings. The van der Waals surface area contributed by atoms with Crippen LogP contribution in [0.2, 0.25) is 0 Å². The maximum Gasteiger partial charge on any atom is 0.407 e. The Morgan fingerprint density at radius 1 is 0.694 bits per heavy atom. The Morgan fingerprint density at radius 2 is 1.20 bits per heavy atom. The summed E-state index contributed by atoms with van der Waals surface area (Å²) in [6.07, 6.45) is -1.14. The highest BCUT2D eigenvalue weighted by Gasteiger charge is 2.31. The third-order valence-corrected chi connectivity index (χ3v) is 8.70. The number of amides is 1. The highest BCUT2D eigenvalue weighted by Crippen LogP contribution is 2.44. The van der Waals surface area contributed by atoms with Crippen LogP contribution < -0.4 is 10.1 Å². The minimum atomic E-state index is -1.01. The van der Waals surface area contributed by atoms with Gasteiger partial charge in [0.15, 0.2) is 6.10 Å². The lowest BCUT2D eigenvalue weighted by Crippen LogP contribution is -2.44. The smallest absolute Gasteiger partial charge is 0.407 e. The van der Waals surface area contributed by atoms with E-state index in [2.05, 4.69) is 29.6 Å². The molecule has 0 saturated heterocycles. The molecule has 1 N–H and O–H groups in total. The molecule has 1 atom stereocenters. The average Bonchev–Trinajstić information content (AvgIpc) is 3.40. The summed E-state index contributed by atoms with van der Waals surface area (Å²) in [6, 6.07) is 38.8. The summed E-state index contributed by atoms with van der Waals surface area (Å²) in [4.78, 5) is 27.6. The first kappa shape index (κ1) is 33.5. The Labute approximate surface area is 289 Å². The van der Waals surface area contributed by atoms with E-state index in [-0.39, 0.29) is 24.5 Å². The minimum absolute atomic E-state index is 0.105. The van der Waals surface area contributed by atoms with Crippen molar-refractivity contribution >= 4 is 12.1 Å². The van der Waals surface area contributed by atoms with Crippen molar-refractivity contribution in [1.82, 2.24) is 5.32 Å². The van der Waals surface area contributed by atoms with Crippen LogP contribution in [0.5, 0.6) is 5.75 Å². The van der Waals surface area contributed by atoms with Crippen molar-refractivity contribution in [1.29, 1.82) is 0 Å². The van der Waals surface area contributed by atoms with Gasteiger partial charge in [-0.3, -0.25) is 0 Å². The van der Waals surface area contributed by atoms with Crippen molar-refractivity contribution in [3.05, 3.63) is 160 Å². The molecule has 1 aliphatic rings. The predicted molar refractivity (Wildman–Crippen MR) is 193 cm³/mol. The van der Waals surface area contributed by atoms with Gasteiger partial charge in [0, 0.05) is 12.3 Å². The zero-order chi connectivity index (χ0) is 34.5. The fourth-order valence-electron chi connectivity index (χ4n) is 6.27. The first-order valence-electron chi connectivity index (χ1n) is 16.8. The number of ether oxygens (including phenoxy) is 3. The normalized spacial score (nSPS) is 12.9. The molecule has 0 radical (unpaired) electrons. The van der Waals surface area contributed by atoms with Crippen LogP contribution in [0, 0.1) is 13.8 Å². The van der Waals surface area contributed by atoms with Gasteiger partial charge >= 0.3 is 12.1 Å². The molecular weight excluding hydrogens is 610 g/mol. The molecule has 0 unspecified atom stereocenters. The lowest BCUT2D eigenvalue weighted by molar-refractivity contribution is -0.150. The van der Waals surface area contributed by atoms with Gasteiger partial charge in [0.1, 0.15) is 24.0 Å². The van der Waals surface area contributed by atoms with E-state index in [9.17, 15) is 9.59 Å². The van der Waals surface area contributed by atoms with Crippen LogP contribution in [0.3, 0.4) is 0 Å². The molecule has 1 amide bonds. The summed E-state index contributed by atoms with van der Waals surface area (Å²) in [5.41, 5.74) is 8.89. The number of aryl methyl sites for hydroxylation is 2. The second kappa shape index (κ2) is 14.4. The van der Waals surface area contributed by atoms with Crippen LogP contribution in [0.15, 0.2) is 121 Å². The highest BCUT2D eigenvalue weighted by atomic mass is 16.6. The summed E-state index contributed by atoms with van der Waals surface area (Å²) < 4.78 is 18.1. The van der Waals surface area contributed by atoms with Crippen molar-refractivity contribution in [3.63, 3.8) is 0 Å². The maximum atomic E-state index is 14.1. The van der Waals surface area contributed by atoms with Crippen LogP contribution in [0.25, 0.3) is 11.1 Å². The first-order chi connectivity index (χ1) is 23.5. The Kier molecular flexibility index (Phi) is 9.86. The van der Waals surface area contributed by atoms with E-state index in [0.717, 1.165) is 55.8 Å². The van der Waals surface area contributed by atoms with Gasteiger partial charge < -0.3 is 19.5 Å². The van der Waals surface area contributed by atoms with Crippen molar-refractivity contribution in [2.75, 3.05) is 6.61 Å². The molecule has 0 aromatic heterocycles. The SMILES string of the molecule is Cc1ccc(C(OC(=O)[C@H](Cc2ccc(OC(C)(C)C)cc2)NC(=O)OCC2c3ccccc3-c3ccccc32)c2ccc(C)cc2)cc1. The fraction of sp³-hybridized carbons (Fsp3) is 0.256. The summed E-state index contributed by atoms with van der Waals surface area (Å²) in [5, 5.41) is 2.85. The number of fused-ring (bicyclic) bond motifs is 3. The number of nitrogens with one attached hydrogen (secondary N) is 1. The molecule has 1 aliphatic carbocycles. The second-order valence-corrected chi connectivity index (χ2v) is 13.7. The van der Waals surface area contributed by atoms with Crippen molar-refractivity contribution in [3.8, 4) is 16.9 Å². The minimum Gasteiger partial charge on any atom is -0.488 e. The second-order valence-electron chi connectivity index (χ2n) is 13.7. The van der Waals surface area contributed by atoms with Crippen molar-refractivity contribution in [2.45, 2.75) is 64.7 Å². The Bertz CT molecular complexity index is 1820. The maximum absolute atomic E-state index is 14.1. The van der Waals surface area contributed by atoms with Gasteiger partial charge in [0.2, 0.25) is 0 Å². The average molecular weight is 654 g/mol. The summed E-state index contributed by atoms with van der Waals surface area (Å²) in [7, 11) is 0. The number of carbonyl (C=O) groups excluding carboxylic acids is 2.